The van der Waals surface area contributed by atoms with Gasteiger partial charge in [0.15, 0.2) is 12.0 Å². The quantitative estimate of drug-likeness (QED) is 0.193. The van der Waals surface area contributed by atoms with Gasteiger partial charge in [0.1, 0.15) is 0 Å². The first kappa shape index (κ1) is 11.3. The molecule has 0 aliphatic heterocycles. The lowest BCUT2D eigenvalue weighted by atomic mass is 10.2. The second-order valence-electron chi connectivity index (χ2n) is 2.43. The van der Waals surface area contributed by atoms with Crippen molar-refractivity contribution >= 4 is 11.9 Å². The summed E-state index contributed by atoms with van der Waals surface area (Å²) < 4.78 is 0. The van der Waals surface area contributed by atoms with E-state index in [1.807, 2.05) is 0 Å². The maximum Gasteiger partial charge on any atom is 0.330 e. The molecule has 1 unspecified atom stereocenters. The fourth-order valence-corrected chi connectivity index (χ4v) is 0.736. The Hall–Kier alpha value is -1.66. The van der Waals surface area contributed by atoms with Gasteiger partial charge in [0.05, 0.1) is 0 Å². The summed E-state index contributed by atoms with van der Waals surface area (Å²) in [7, 11) is 0. The van der Waals surface area contributed by atoms with E-state index >= 15 is 0 Å². The normalized spacial score (nSPS) is 11.7. The number of rotatable bonds is 6. The van der Waals surface area contributed by atoms with E-state index < -0.39 is 12.0 Å². The van der Waals surface area contributed by atoms with Crippen molar-refractivity contribution in [3.63, 3.8) is 0 Å². The van der Waals surface area contributed by atoms with Crippen LogP contribution in [0.25, 0.3) is 0 Å². The molecule has 0 aromatic carbocycles. The molecule has 7 heteroatoms. The van der Waals surface area contributed by atoms with E-state index in [0.29, 0.717) is 13.0 Å². The number of aliphatic carboxylic acids is 1. The number of nitrogens with two attached hydrogens (primary N) is 2. The first-order chi connectivity index (χ1) is 6.07. The van der Waals surface area contributed by atoms with E-state index in [-0.39, 0.29) is 12.4 Å². The Balaban J connectivity index is 3.68. The summed E-state index contributed by atoms with van der Waals surface area (Å²) in [5.41, 5.74) is 16.7. The lowest BCUT2D eigenvalue weighted by Gasteiger charge is -2.02. The average molecular weight is 187 g/mol. The van der Waals surface area contributed by atoms with Crippen LogP contribution < -0.4 is 11.5 Å². The molecule has 0 aliphatic rings. The molecule has 7 nitrogen and oxygen atoms in total. The minimum Gasteiger partial charge on any atom is -0.480 e. The number of aliphatic imine (C=N–C) groups is 1. The molecule has 0 amide bonds. The molecular formula is C6H13N5O2. The predicted octanol–water partition coefficient (Wildman–Crippen LogP) is -0.476. The Kier molecular flexibility index (Phi) is 5.17. The van der Waals surface area contributed by atoms with Crippen LogP contribution in [0.4, 0.5) is 0 Å². The molecule has 0 fully saturated rings. The van der Waals surface area contributed by atoms with Crippen LogP contribution in [0.5, 0.6) is 0 Å². The third-order valence-corrected chi connectivity index (χ3v) is 1.37. The molecule has 0 bridgehead atoms. The number of nitrogens with zero attached hydrogens (tertiary/aromatic N) is 2. The van der Waals surface area contributed by atoms with Crippen molar-refractivity contribution in [1.82, 2.24) is 0 Å². The molecular weight excluding hydrogens is 174 g/mol. The molecule has 0 aromatic heterocycles. The van der Waals surface area contributed by atoms with Crippen LogP contribution in [0.1, 0.15) is 12.8 Å². The standard InChI is InChI=1S/C6H13N5O2/c7-6(8)10-3-1-2-4(11-9)5(12)13/h4,9H,1-3H2,(H,12,13)(H4,7,8,10). The number of guanidine groups is 1. The first-order valence-corrected chi connectivity index (χ1v) is 3.72. The lowest BCUT2D eigenvalue weighted by Crippen LogP contribution is -2.23. The molecule has 0 radical (unpaired) electrons. The highest BCUT2D eigenvalue weighted by atomic mass is 16.4. The van der Waals surface area contributed by atoms with Gasteiger partial charge in [-0.05, 0) is 12.8 Å². The van der Waals surface area contributed by atoms with Crippen LogP contribution in [0.15, 0.2) is 10.1 Å². The molecule has 0 spiro atoms. The minimum absolute atomic E-state index is 0.0188. The van der Waals surface area contributed by atoms with Crippen LogP contribution in [-0.2, 0) is 4.79 Å². The molecule has 6 N–H and O–H groups in total. The largest absolute Gasteiger partial charge is 0.480 e. The van der Waals surface area contributed by atoms with Gasteiger partial charge >= 0.3 is 5.97 Å². The highest BCUT2D eigenvalue weighted by Gasteiger charge is 2.14. The van der Waals surface area contributed by atoms with Gasteiger partial charge in [-0.15, -0.1) is 0 Å². The van der Waals surface area contributed by atoms with Gasteiger partial charge in [0, 0.05) is 6.54 Å². The Bertz CT molecular complexity index is 211. The molecule has 0 aliphatic carbocycles. The van der Waals surface area contributed by atoms with Crippen molar-refractivity contribution in [1.29, 1.82) is 5.53 Å². The van der Waals surface area contributed by atoms with Crippen molar-refractivity contribution < 1.29 is 9.90 Å². The number of carboxylic acids is 1. The van der Waals surface area contributed by atoms with E-state index in [1.165, 1.54) is 0 Å². The van der Waals surface area contributed by atoms with Crippen LogP contribution >= 0.6 is 0 Å². The second kappa shape index (κ2) is 5.92. The van der Waals surface area contributed by atoms with Gasteiger partial charge in [-0.3, -0.25) is 4.99 Å². The van der Waals surface area contributed by atoms with E-state index in [2.05, 4.69) is 10.1 Å². The molecule has 0 aromatic rings. The monoisotopic (exact) mass is 187 g/mol. The number of carboxylic acid groups (broad SMARTS) is 1. The topological polar surface area (TPSA) is 138 Å². The Morgan fingerprint density at radius 3 is 2.54 bits per heavy atom. The minimum atomic E-state index is -1.10. The summed E-state index contributed by atoms with van der Waals surface area (Å²) in [5.74, 6) is -1.12. The third kappa shape index (κ3) is 5.59. The summed E-state index contributed by atoms with van der Waals surface area (Å²) in [6.07, 6.45) is 0.771. The fraction of sp³-hybridized carbons (Fsp3) is 0.667. The average Bonchev–Trinajstić information content (AvgIpc) is 2.03. The molecule has 74 valence electrons. The number of nitrogens with one attached hydrogen (secondary N) is 1. The van der Waals surface area contributed by atoms with Crippen LogP contribution in [0.3, 0.4) is 0 Å². The molecule has 0 heterocycles. The molecule has 13 heavy (non-hydrogen) atoms. The smallest absolute Gasteiger partial charge is 0.330 e. The fourth-order valence-electron chi connectivity index (χ4n) is 0.736. The maximum atomic E-state index is 10.4. The van der Waals surface area contributed by atoms with Crippen molar-refractivity contribution in [3.8, 4) is 0 Å². The van der Waals surface area contributed by atoms with Gasteiger partial charge in [-0.2, -0.15) is 5.11 Å². The number of hydrogen-bond acceptors (Lipinski definition) is 4. The van der Waals surface area contributed by atoms with Gasteiger partial charge in [0.25, 0.3) is 0 Å². The summed E-state index contributed by atoms with van der Waals surface area (Å²) >= 11 is 0. The number of hydrogen-bond donors (Lipinski definition) is 4. The predicted molar refractivity (Wildman–Crippen MR) is 46.5 cm³/mol. The van der Waals surface area contributed by atoms with Crippen molar-refractivity contribution in [3.05, 3.63) is 0 Å². The number of carbonyl (C=O) groups is 1. The molecule has 1 atom stereocenters. The van der Waals surface area contributed by atoms with Gasteiger partial charge in [0.2, 0.25) is 0 Å². The van der Waals surface area contributed by atoms with Gasteiger partial charge < -0.3 is 16.6 Å². The van der Waals surface area contributed by atoms with Crippen molar-refractivity contribution in [2.75, 3.05) is 6.54 Å². The van der Waals surface area contributed by atoms with Crippen LogP contribution in [0.2, 0.25) is 0 Å². The van der Waals surface area contributed by atoms with Crippen LogP contribution in [0, 0.1) is 5.53 Å². The van der Waals surface area contributed by atoms with E-state index in [1.54, 1.807) is 0 Å². The molecule has 0 rings (SSSR count). The van der Waals surface area contributed by atoms with Gasteiger partial charge in [-0.25, -0.2) is 10.3 Å². The Labute approximate surface area is 75.3 Å². The lowest BCUT2D eigenvalue weighted by molar-refractivity contribution is -0.138. The first-order valence-electron chi connectivity index (χ1n) is 3.72. The summed E-state index contributed by atoms with van der Waals surface area (Å²) in [5, 5.41) is 11.4. The molecule has 0 saturated carbocycles. The Morgan fingerprint density at radius 1 is 1.54 bits per heavy atom. The maximum absolute atomic E-state index is 10.4. The van der Waals surface area contributed by atoms with Crippen molar-refractivity contribution in [2.45, 2.75) is 18.9 Å². The summed E-state index contributed by atoms with van der Waals surface area (Å²) in [6.45, 7) is 0.363. The molecule has 0 saturated heterocycles. The van der Waals surface area contributed by atoms with E-state index in [0.717, 1.165) is 0 Å². The summed E-state index contributed by atoms with van der Waals surface area (Å²) in [4.78, 5) is 14.0. The second-order valence-corrected chi connectivity index (χ2v) is 2.43. The highest BCUT2D eigenvalue weighted by molar-refractivity contribution is 5.75. The van der Waals surface area contributed by atoms with Gasteiger partial charge in [-0.1, -0.05) is 0 Å². The van der Waals surface area contributed by atoms with E-state index in [9.17, 15) is 4.79 Å². The SMILES string of the molecule is N=NC(CCCN=C(N)N)C(=O)O. The van der Waals surface area contributed by atoms with Crippen LogP contribution in [-0.4, -0.2) is 29.6 Å². The zero-order valence-corrected chi connectivity index (χ0v) is 7.10. The zero-order chi connectivity index (χ0) is 10.3. The van der Waals surface area contributed by atoms with E-state index in [4.69, 9.17) is 22.1 Å². The zero-order valence-electron chi connectivity index (χ0n) is 7.10. The summed E-state index contributed by atoms with van der Waals surface area (Å²) in [6, 6.07) is -0.978. The van der Waals surface area contributed by atoms with Crippen molar-refractivity contribution in [2.24, 2.45) is 21.6 Å². The Morgan fingerprint density at radius 2 is 2.15 bits per heavy atom. The highest BCUT2D eigenvalue weighted by Crippen LogP contribution is 2.01. The third-order valence-electron chi connectivity index (χ3n) is 1.37.